The van der Waals surface area contributed by atoms with E-state index in [4.69, 9.17) is 23.2 Å². The molecule has 0 aliphatic heterocycles. The van der Waals surface area contributed by atoms with Crippen LogP contribution in [0.25, 0.3) is 0 Å². The van der Waals surface area contributed by atoms with E-state index in [1.54, 1.807) is 0 Å². The molecule has 8 heteroatoms. The quantitative estimate of drug-likeness (QED) is 0.736. The van der Waals surface area contributed by atoms with Crippen molar-refractivity contribution in [3.05, 3.63) is 65.2 Å². The molecule has 5 nitrogen and oxygen atoms in total. The Morgan fingerprint density at radius 2 is 1.72 bits per heavy atom. The molecule has 132 valence electrons. The highest BCUT2D eigenvalue weighted by atomic mass is 35.5. The Labute approximate surface area is 156 Å². The number of halogens is 2. The first kappa shape index (κ1) is 19.3. The van der Waals surface area contributed by atoms with E-state index < -0.39 is 10.0 Å². The number of carbonyl (C=O) groups is 1. The number of carbonyl (C=O) groups excluding carboxylic acids is 1. The summed E-state index contributed by atoms with van der Waals surface area (Å²) in [5.74, 6) is -0.238. The lowest BCUT2D eigenvalue weighted by molar-refractivity contribution is -0.114. The molecule has 1 amide bonds. The maximum Gasteiger partial charge on any atom is 0.264 e. The van der Waals surface area contributed by atoms with E-state index in [0.29, 0.717) is 21.4 Å². The van der Waals surface area contributed by atoms with Crippen LogP contribution in [0.1, 0.15) is 6.92 Å². The van der Waals surface area contributed by atoms with Gasteiger partial charge in [0.2, 0.25) is 5.91 Å². The molecule has 0 fully saturated rings. The first-order valence-corrected chi connectivity index (χ1v) is 9.41. The molecule has 0 radical (unpaired) electrons. The molecular weight excluding hydrogens is 383 g/mol. The molecule has 0 aliphatic carbocycles. The van der Waals surface area contributed by atoms with Gasteiger partial charge in [0.1, 0.15) is 0 Å². The molecule has 2 rings (SSSR count). The Kier molecular flexibility index (Phi) is 6.11. The third-order valence-electron chi connectivity index (χ3n) is 3.19. The van der Waals surface area contributed by atoms with Crippen molar-refractivity contribution in [2.75, 3.05) is 16.2 Å². The van der Waals surface area contributed by atoms with E-state index in [1.807, 2.05) is 0 Å². The average Bonchev–Trinajstić information content (AvgIpc) is 2.51. The van der Waals surface area contributed by atoms with E-state index in [-0.39, 0.29) is 17.3 Å². The normalized spacial score (nSPS) is 11.0. The number of hydrogen-bond acceptors (Lipinski definition) is 3. The Hall–Kier alpha value is -2.02. The van der Waals surface area contributed by atoms with Crippen molar-refractivity contribution in [3.63, 3.8) is 0 Å². The molecule has 0 bridgehead atoms. The molecule has 0 saturated heterocycles. The van der Waals surface area contributed by atoms with Crippen LogP contribution in [0.3, 0.4) is 0 Å². The van der Waals surface area contributed by atoms with Crippen LogP contribution in [0, 0.1) is 0 Å². The Balaban J connectivity index is 2.45. The topological polar surface area (TPSA) is 66.5 Å². The number of hydrogen-bond donors (Lipinski definition) is 1. The maximum atomic E-state index is 13.0. The van der Waals surface area contributed by atoms with Crippen molar-refractivity contribution in [1.29, 1.82) is 0 Å². The average molecular weight is 399 g/mol. The molecule has 0 aliphatic rings. The number of anilines is 2. The fraction of sp³-hybridized carbons (Fsp3) is 0.118. The van der Waals surface area contributed by atoms with Crippen molar-refractivity contribution in [2.45, 2.75) is 11.8 Å². The Morgan fingerprint density at radius 3 is 2.20 bits per heavy atom. The van der Waals surface area contributed by atoms with Gasteiger partial charge in [0.25, 0.3) is 10.0 Å². The van der Waals surface area contributed by atoms with E-state index in [0.717, 1.165) is 4.31 Å². The molecule has 0 saturated carbocycles. The molecule has 1 N–H and O–H groups in total. The molecule has 0 spiro atoms. The van der Waals surface area contributed by atoms with Crippen LogP contribution >= 0.6 is 23.2 Å². The van der Waals surface area contributed by atoms with Gasteiger partial charge in [-0.25, -0.2) is 8.42 Å². The summed E-state index contributed by atoms with van der Waals surface area (Å²) in [4.78, 5) is 11.1. The molecule has 25 heavy (non-hydrogen) atoms. The lowest BCUT2D eigenvalue weighted by Gasteiger charge is -2.23. The Bertz CT molecular complexity index is 876. The summed E-state index contributed by atoms with van der Waals surface area (Å²) in [5, 5.41) is 3.24. The first-order valence-electron chi connectivity index (χ1n) is 7.21. The summed E-state index contributed by atoms with van der Waals surface area (Å²) in [5.41, 5.74) is 0.843. The van der Waals surface area contributed by atoms with Gasteiger partial charge >= 0.3 is 0 Å². The number of amides is 1. The van der Waals surface area contributed by atoms with Gasteiger partial charge in [0, 0.05) is 22.7 Å². The van der Waals surface area contributed by atoms with Gasteiger partial charge in [-0.3, -0.25) is 9.10 Å². The number of nitrogens with zero attached hydrogens (tertiary/aromatic N) is 1. The third kappa shape index (κ3) is 4.75. The van der Waals surface area contributed by atoms with Crippen LogP contribution in [0.15, 0.2) is 60.0 Å². The van der Waals surface area contributed by atoms with Gasteiger partial charge in [-0.05, 0) is 42.5 Å². The highest BCUT2D eigenvalue weighted by Gasteiger charge is 2.24. The van der Waals surface area contributed by atoms with Crippen molar-refractivity contribution in [2.24, 2.45) is 0 Å². The first-order chi connectivity index (χ1) is 11.7. The fourth-order valence-electron chi connectivity index (χ4n) is 2.18. The van der Waals surface area contributed by atoms with Crippen molar-refractivity contribution >= 4 is 50.5 Å². The predicted octanol–water partition coefficient (Wildman–Crippen LogP) is 4.33. The van der Waals surface area contributed by atoms with E-state index >= 15 is 0 Å². The standard InChI is InChI=1S/C17H16Cl2N2O3S/c1-3-8-21(16-10-13(18)9-14(19)11-16)25(23,24)17-6-4-15(5-7-17)20-12(2)22/h3-7,9-11H,1,8H2,2H3,(H,20,22). The van der Waals surface area contributed by atoms with Crippen LogP contribution in [-0.4, -0.2) is 20.9 Å². The summed E-state index contributed by atoms with van der Waals surface area (Å²) >= 11 is 12.0. The van der Waals surface area contributed by atoms with Gasteiger partial charge in [-0.1, -0.05) is 29.3 Å². The fourth-order valence-corrected chi connectivity index (χ4v) is 4.12. The lowest BCUT2D eigenvalue weighted by Crippen LogP contribution is -2.31. The molecule has 2 aromatic rings. The molecule has 0 unspecified atom stereocenters. The smallest absolute Gasteiger partial charge is 0.264 e. The molecule has 0 aromatic heterocycles. The van der Waals surface area contributed by atoms with Crippen LogP contribution in [-0.2, 0) is 14.8 Å². The lowest BCUT2D eigenvalue weighted by atomic mass is 10.3. The number of rotatable bonds is 6. The predicted molar refractivity (Wildman–Crippen MR) is 102 cm³/mol. The highest BCUT2D eigenvalue weighted by molar-refractivity contribution is 7.92. The van der Waals surface area contributed by atoms with Crippen LogP contribution in [0.5, 0.6) is 0 Å². The largest absolute Gasteiger partial charge is 0.326 e. The van der Waals surface area contributed by atoms with E-state index in [2.05, 4.69) is 11.9 Å². The second kappa shape index (κ2) is 7.91. The van der Waals surface area contributed by atoms with E-state index in [1.165, 1.54) is 55.5 Å². The summed E-state index contributed by atoms with van der Waals surface area (Å²) in [6.45, 7) is 5.03. The number of sulfonamides is 1. The second-order valence-corrected chi connectivity index (χ2v) is 7.89. The number of benzene rings is 2. The van der Waals surface area contributed by atoms with Crippen LogP contribution in [0.4, 0.5) is 11.4 Å². The summed E-state index contributed by atoms with van der Waals surface area (Å²) < 4.78 is 27.1. The molecule has 0 atom stereocenters. The van der Waals surface area contributed by atoms with Crippen molar-refractivity contribution in [1.82, 2.24) is 0 Å². The molecule has 0 heterocycles. The van der Waals surface area contributed by atoms with Gasteiger partial charge in [-0.15, -0.1) is 6.58 Å². The van der Waals surface area contributed by atoms with Gasteiger partial charge in [0.05, 0.1) is 17.1 Å². The minimum Gasteiger partial charge on any atom is -0.326 e. The van der Waals surface area contributed by atoms with Gasteiger partial charge in [0.15, 0.2) is 0 Å². The maximum absolute atomic E-state index is 13.0. The Morgan fingerprint density at radius 1 is 1.16 bits per heavy atom. The summed E-state index contributed by atoms with van der Waals surface area (Å²) in [6.07, 6.45) is 1.47. The molecule has 2 aromatic carbocycles. The highest BCUT2D eigenvalue weighted by Crippen LogP contribution is 2.30. The zero-order valence-electron chi connectivity index (χ0n) is 13.4. The second-order valence-electron chi connectivity index (χ2n) is 5.16. The minimum absolute atomic E-state index is 0.0481. The van der Waals surface area contributed by atoms with E-state index in [9.17, 15) is 13.2 Å². The van der Waals surface area contributed by atoms with Crippen LogP contribution < -0.4 is 9.62 Å². The zero-order chi connectivity index (χ0) is 18.6. The number of nitrogens with one attached hydrogen (secondary N) is 1. The minimum atomic E-state index is -3.86. The summed E-state index contributed by atoms with van der Waals surface area (Å²) in [7, 11) is -3.86. The monoisotopic (exact) mass is 398 g/mol. The molecular formula is C17H16Cl2N2O3S. The SMILES string of the molecule is C=CCN(c1cc(Cl)cc(Cl)c1)S(=O)(=O)c1ccc(NC(C)=O)cc1. The van der Waals surface area contributed by atoms with Crippen molar-refractivity contribution in [3.8, 4) is 0 Å². The van der Waals surface area contributed by atoms with Gasteiger partial charge in [-0.2, -0.15) is 0 Å². The van der Waals surface area contributed by atoms with Gasteiger partial charge < -0.3 is 5.32 Å². The third-order valence-corrected chi connectivity index (χ3v) is 5.44. The van der Waals surface area contributed by atoms with Crippen LogP contribution in [0.2, 0.25) is 10.0 Å². The summed E-state index contributed by atoms with van der Waals surface area (Å²) in [6, 6.07) is 10.4. The zero-order valence-corrected chi connectivity index (χ0v) is 15.7. The van der Waals surface area contributed by atoms with Crippen molar-refractivity contribution < 1.29 is 13.2 Å².